The molecule has 2 N–H and O–H groups in total. The molecule has 4 heteroatoms. The Morgan fingerprint density at radius 3 is 2.74 bits per heavy atom. The maximum absolute atomic E-state index is 12.1. The number of rotatable bonds is 5. The molecule has 19 heavy (non-hydrogen) atoms. The van der Waals surface area contributed by atoms with E-state index >= 15 is 0 Å². The van der Waals surface area contributed by atoms with Gasteiger partial charge in [-0.2, -0.15) is 0 Å². The smallest absolute Gasteiger partial charge is 0.317 e. The maximum atomic E-state index is 12.1. The van der Waals surface area contributed by atoms with Crippen LogP contribution in [0.1, 0.15) is 51.9 Å². The lowest BCUT2D eigenvalue weighted by molar-refractivity contribution is 0.111. The molecule has 0 saturated heterocycles. The number of likely N-dealkylation sites (N-methyl/N-ethyl adjacent to an activating group) is 1. The average Bonchev–Trinajstić information content (AvgIpc) is 3.23. The van der Waals surface area contributed by atoms with Gasteiger partial charge in [0, 0.05) is 19.6 Å². The second-order valence-electron chi connectivity index (χ2n) is 6.37. The van der Waals surface area contributed by atoms with E-state index in [1.165, 1.54) is 19.3 Å². The van der Waals surface area contributed by atoms with E-state index in [-0.39, 0.29) is 12.1 Å². The second-order valence-corrected chi connectivity index (χ2v) is 6.37. The highest BCUT2D eigenvalue weighted by Crippen LogP contribution is 2.32. The first-order valence-electron chi connectivity index (χ1n) is 7.79. The first kappa shape index (κ1) is 14.6. The summed E-state index contributed by atoms with van der Waals surface area (Å²) in [5.41, 5.74) is 0. The predicted molar refractivity (Wildman–Crippen MR) is 75.9 cm³/mol. The number of hydrogen-bond acceptors (Lipinski definition) is 2. The van der Waals surface area contributed by atoms with Crippen LogP contribution in [-0.4, -0.2) is 41.8 Å². The Balaban J connectivity index is 1.72. The normalized spacial score (nSPS) is 28.8. The molecule has 0 aromatic heterocycles. The minimum Gasteiger partial charge on any atom is -0.391 e. The van der Waals surface area contributed by atoms with Gasteiger partial charge in [-0.25, -0.2) is 4.79 Å². The minimum absolute atomic E-state index is 0.0264. The summed E-state index contributed by atoms with van der Waals surface area (Å²) in [7, 11) is 1.78. The third-order valence-corrected chi connectivity index (χ3v) is 4.66. The van der Waals surface area contributed by atoms with Crippen LogP contribution in [0.4, 0.5) is 4.79 Å². The number of aliphatic hydroxyl groups is 1. The summed E-state index contributed by atoms with van der Waals surface area (Å²) in [5.74, 6) is 1.19. The van der Waals surface area contributed by atoms with Gasteiger partial charge in [-0.1, -0.05) is 26.2 Å². The highest BCUT2D eigenvalue weighted by atomic mass is 16.3. The van der Waals surface area contributed by atoms with Crippen molar-refractivity contribution in [3.8, 4) is 0 Å². The molecule has 0 aliphatic heterocycles. The van der Waals surface area contributed by atoms with Crippen LogP contribution < -0.4 is 5.32 Å². The van der Waals surface area contributed by atoms with Crippen LogP contribution >= 0.6 is 0 Å². The Morgan fingerprint density at radius 1 is 1.37 bits per heavy atom. The van der Waals surface area contributed by atoms with E-state index in [0.717, 1.165) is 31.6 Å². The quantitative estimate of drug-likeness (QED) is 0.804. The van der Waals surface area contributed by atoms with Gasteiger partial charge in [0.05, 0.1) is 6.10 Å². The molecule has 3 unspecified atom stereocenters. The third kappa shape index (κ3) is 4.37. The SMILES string of the molecule is CCC1CCCC(NC(=O)N(C)CC(O)C2CC2)C1. The summed E-state index contributed by atoms with van der Waals surface area (Å²) >= 11 is 0. The molecule has 0 aromatic carbocycles. The predicted octanol–water partition coefficient (Wildman–Crippen LogP) is 2.37. The van der Waals surface area contributed by atoms with Crippen LogP contribution in [0.15, 0.2) is 0 Å². The van der Waals surface area contributed by atoms with Gasteiger partial charge in [-0.05, 0) is 37.5 Å². The van der Waals surface area contributed by atoms with Gasteiger partial charge in [-0.3, -0.25) is 0 Å². The van der Waals surface area contributed by atoms with Gasteiger partial charge in [-0.15, -0.1) is 0 Å². The van der Waals surface area contributed by atoms with Crippen molar-refractivity contribution in [2.75, 3.05) is 13.6 Å². The fourth-order valence-corrected chi connectivity index (χ4v) is 3.07. The topological polar surface area (TPSA) is 52.6 Å². The summed E-state index contributed by atoms with van der Waals surface area (Å²) in [6, 6.07) is 0.299. The molecule has 0 aromatic rings. The van der Waals surface area contributed by atoms with E-state index in [1.54, 1.807) is 11.9 Å². The number of carbonyl (C=O) groups excluding carboxylic acids is 1. The molecule has 0 spiro atoms. The number of nitrogens with zero attached hydrogens (tertiary/aromatic N) is 1. The zero-order valence-electron chi connectivity index (χ0n) is 12.3. The Labute approximate surface area is 116 Å². The Kier molecular flexibility index (Phi) is 5.08. The van der Waals surface area contributed by atoms with Crippen molar-refractivity contribution in [2.24, 2.45) is 11.8 Å². The molecule has 3 atom stereocenters. The Hall–Kier alpha value is -0.770. The Bertz CT molecular complexity index is 305. The molecule has 110 valence electrons. The van der Waals surface area contributed by atoms with Crippen LogP contribution in [0.3, 0.4) is 0 Å². The van der Waals surface area contributed by atoms with Crippen molar-refractivity contribution >= 4 is 6.03 Å². The zero-order valence-corrected chi connectivity index (χ0v) is 12.3. The van der Waals surface area contributed by atoms with Gasteiger partial charge in [0.25, 0.3) is 0 Å². The van der Waals surface area contributed by atoms with Crippen LogP contribution in [0.2, 0.25) is 0 Å². The summed E-state index contributed by atoms with van der Waals surface area (Å²) in [4.78, 5) is 13.7. The molecule has 2 amide bonds. The van der Waals surface area contributed by atoms with Gasteiger partial charge in [0.2, 0.25) is 0 Å². The molecule has 0 heterocycles. The van der Waals surface area contributed by atoms with Gasteiger partial charge < -0.3 is 15.3 Å². The lowest BCUT2D eigenvalue weighted by Gasteiger charge is -2.31. The fourth-order valence-electron chi connectivity index (χ4n) is 3.07. The average molecular weight is 268 g/mol. The molecule has 4 nitrogen and oxygen atoms in total. The molecular weight excluding hydrogens is 240 g/mol. The highest BCUT2D eigenvalue weighted by molar-refractivity contribution is 5.74. The van der Waals surface area contributed by atoms with E-state index in [1.807, 2.05) is 0 Å². The number of hydrogen-bond donors (Lipinski definition) is 2. The summed E-state index contributed by atoms with van der Waals surface area (Å²) in [6.45, 7) is 2.69. The number of urea groups is 1. The van der Waals surface area contributed by atoms with Crippen LogP contribution in [0.5, 0.6) is 0 Å². The van der Waals surface area contributed by atoms with E-state index in [4.69, 9.17) is 0 Å². The molecule has 2 saturated carbocycles. The Morgan fingerprint density at radius 2 is 2.11 bits per heavy atom. The van der Waals surface area contributed by atoms with Crippen molar-refractivity contribution in [1.82, 2.24) is 10.2 Å². The molecule has 0 radical (unpaired) electrons. The molecule has 2 fully saturated rings. The third-order valence-electron chi connectivity index (χ3n) is 4.66. The highest BCUT2D eigenvalue weighted by Gasteiger charge is 2.31. The zero-order chi connectivity index (χ0) is 13.8. The van der Waals surface area contributed by atoms with Gasteiger partial charge >= 0.3 is 6.03 Å². The standard InChI is InChI=1S/C15H28N2O2/c1-3-11-5-4-6-13(9-11)16-15(19)17(2)10-14(18)12-7-8-12/h11-14,18H,3-10H2,1-2H3,(H,16,19). The molecule has 2 aliphatic carbocycles. The molecule has 2 rings (SSSR count). The summed E-state index contributed by atoms with van der Waals surface area (Å²) in [6.07, 6.45) is 7.82. The van der Waals surface area contributed by atoms with Crippen molar-refractivity contribution in [1.29, 1.82) is 0 Å². The van der Waals surface area contributed by atoms with E-state index in [0.29, 0.717) is 18.5 Å². The lowest BCUT2D eigenvalue weighted by Crippen LogP contribution is -2.47. The number of carbonyl (C=O) groups is 1. The van der Waals surface area contributed by atoms with Crippen molar-refractivity contribution in [3.05, 3.63) is 0 Å². The summed E-state index contributed by atoms with van der Waals surface area (Å²) < 4.78 is 0. The number of aliphatic hydroxyl groups excluding tert-OH is 1. The van der Waals surface area contributed by atoms with Crippen molar-refractivity contribution in [3.63, 3.8) is 0 Å². The molecular formula is C15H28N2O2. The second kappa shape index (κ2) is 6.60. The largest absolute Gasteiger partial charge is 0.391 e. The number of nitrogens with one attached hydrogen (secondary N) is 1. The first-order chi connectivity index (χ1) is 9.10. The molecule has 2 aliphatic rings. The maximum Gasteiger partial charge on any atom is 0.317 e. The van der Waals surface area contributed by atoms with Gasteiger partial charge in [0.1, 0.15) is 0 Å². The summed E-state index contributed by atoms with van der Waals surface area (Å²) in [5, 5.41) is 13.0. The fraction of sp³-hybridized carbons (Fsp3) is 0.933. The monoisotopic (exact) mass is 268 g/mol. The van der Waals surface area contributed by atoms with Crippen molar-refractivity contribution < 1.29 is 9.90 Å². The lowest BCUT2D eigenvalue weighted by atomic mass is 9.84. The van der Waals surface area contributed by atoms with Crippen LogP contribution in [-0.2, 0) is 0 Å². The number of amides is 2. The van der Waals surface area contributed by atoms with Gasteiger partial charge in [0.15, 0.2) is 0 Å². The van der Waals surface area contributed by atoms with E-state index in [2.05, 4.69) is 12.2 Å². The molecule has 0 bridgehead atoms. The minimum atomic E-state index is -0.342. The van der Waals surface area contributed by atoms with Crippen LogP contribution in [0.25, 0.3) is 0 Å². The first-order valence-corrected chi connectivity index (χ1v) is 7.79. The van der Waals surface area contributed by atoms with Crippen LogP contribution in [0, 0.1) is 11.8 Å². The van der Waals surface area contributed by atoms with Crippen molar-refractivity contribution in [2.45, 2.75) is 64.0 Å². The van der Waals surface area contributed by atoms with E-state index in [9.17, 15) is 9.90 Å². The van der Waals surface area contributed by atoms with E-state index < -0.39 is 0 Å².